The van der Waals surface area contributed by atoms with Gasteiger partial charge in [0.25, 0.3) is 0 Å². The Morgan fingerprint density at radius 2 is 2.11 bits per heavy atom. The van der Waals surface area contributed by atoms with Crippen molar-refractivity contribution in [1.29, 1.82) is 0 Å². The number of halogens is 1. The Balaban J connectivity index is 2.15. The highest BCUT2D eigenvalue weighted by Gasteiger charge is 2.18. The first kappa shape index (κ1) is 14.5. The molecule has 1 aromatic rings. The van der Waals surface area contributed by atoms with E-state index in [0.29, 0.717) is 6.61 Å². The van der Waals surface area contributed by atoms with Crippen LogP contribution in [0, 0.1) is 0 Å². The lowest BCUT2D eigenvalue weighted by molar-refractivity contribution is 0.199. The third-order valence-corrected chi connectivity index (χ3v) is 3.80. The Hall–Kier alpha value is -0.870. The van der Waals surface area contributed by atoms with Gasteiger partial charge in [-0.05, 0) is 25.7 Å². The second-order valence-corrected chi connectivity index (χ2v) is 5.73. The molecule has 0 aromatic carbocycles. The molecule has 0 saturated carbocycles. The van der Waals surface area contributed by atoms with Crippen LogP contribution in [0.5, 0.6) is 0 Å². The van der Waals surface area contributed by atoms with Crippen LogP contribution in [-0.2, 0) is 17.6 Å². The standard InChI is InChI=1S/C14H22ClN3O/c1-18(8-11(15)9-19-2)14-12-6-4-3-5-7-13(12)16-10-17-14/h10-11H,3-9H2,1-2H3. The first-order valence-corrected chi connectivity index (χ1v) is 7.33. The molecule has 1 atom stereocenters. The monoisotopic (exact) mass is 283 g/mol. The fraction of sp³-hybridized carbons (Fsp3) is 0.714. The molecular weight excluding hydrogens is 262 g/mol. The minimum atomic E-state index is -0.0219. The van der Waals surface area contributed by atoms with Gasteiger partial charge in [0, 0.05) is 32.0 Å². The van der Waals surface area contributed by atoms with Crippen LogP contribution in [0.3, 0.4) is 0 Å². The zero-order valence-electron chi connectivity index (χ0n) is 11.7. The second kappa shape index (κ2) is 7.06. The maximum Gasteiger partial charge on any atom is 0.135 e. The van der Waals surface area contributed by atoms with E-state index in [9.17, 15) is 0 Å². The van der Waals surface area contributed by atoms with Gasteiger partial charge in [0.1, 0.15) is 12.1 Å². The number of nitrogens with zero attached hydrogens (tertiary/aromatic N) is 3. The van der Waals surface area contributed by atoms with Gasteiger partial charge in [-0.1, -0.05) is 6.42 Å². The van der Waals surface area contributed by atoms with Crippen molar-refractivity contribution in [3.8, 4) is 0 Å². The predicted octanol–water partition coefficient (Wildman–Crippen LogP) is 2.44. The van der Waals surface area contributed by atoms with Crippen molar-refractivity contribution in [3.63, 3.8) is 0 Å². The summed E-state index contributed by atoms with van der Waals surface area (Å²) in [6, 6.07) is 0. The van der Waals surface area contributed by atoms with Crippen LogP contribution in [0.15, 0.2) is 6.33 Å². The predicted molar refractivity (Wildman–Crippen MR) is 78.1 cm³/mol. The van der Waals surface area contributed by atoms with Gasteiger partial charge < -0.3 is 9.64 Å². The van der Waals surface area contributed by atoms with E-state index in [1.807, 2.05) is 7.05 Å². The van der Waals surface area contributed by atoms with E-state index < -0.39 is 0 Å². The Morgan fingerprint density at radius 3 is 2.89 bits per heavy atom. The van der Waals surface area contributed by atoms with Gasteiger partial charge in [-0.15, -0.1) is 11.6 Å². The van der Waals surface area contributed by atoms with Crippen molar-refractivity contribution in [2.75, 3.05) is 32.2 Å². The molecule has 5 heteroatoms. The van der Waals surface area contributed by atoms with Crippen LogP contribution in [-0.4, -0.2) is 42.7 Å². The van der Waals surface area contributed by atoms with Crippen LogP contribution < -0.4 is 4.90 Å². The summed E-state index contributed by atoms with van der Waals surface area (Å²) in [5.74, 6) is 1.04. The largest absolute Gasteiger partial charge is 0.383 e. The lowest BCUT2D eigenvalue weighted by atomic mass is 10.1. The van der Waals surface area contributed by atoms with Crippen LogP contribution >= 0.6 is 11.6 Å². The van der Waals surface area contributed by atoms with Gasteiger partial charge in [0.15, 0.2) is 0 Å². The number of fused-ring (bicyclic) bond motifs is 1. The van der Waals surface area contributed by atoms with Gasteiger partial charge in [-0.3, -0.25) is 0 Å². The maximum absolute atomic E-state index is 6.23. The third-order valence-electron chi connectivity index (χ3n) is 3.53. The first-order chi connectivity index (χ1) is 9.22. The van der Waals surface area contributed by atoms with E-state index in [1.54, 1.807) is 13.4 Å². The van der Waals surface area contributed by atoms with Crippen LogP contribution in [0.1, 0.15) is 30.5 Å². The van der Waals surface area contributed by atoms with Crippen LogP contribution in [0.4, 0.5) is 5.82 Å². The van der Waals surface area contributed by atoms with E-state index >= 15 is 0 Å². The number of rotatable bonds is 5. The van der Waals surface area contributed by atoms with Crippen molar-refractivity contribution < 1.29 is 4.74 Å². The molecule has 0 radical (unpaired) electrons. The maximum atomic E-state index is 6.23. The highest BCUT2D eigenvalue weighted by Crippen LogP contribution is 2.26. The molecule has 0 saturated heterocycles. The summed E-state index contributed by atoms with van der Waals surface area (Å²) in [5.41, 5.74) is 2.52. The average Bonchev–Trinajstić information content (AvgIpc) is 2.63. The Labute approximate surface area is 120 Å². The van der Waals surface area contributed by atoms with Gasteiger partial charge in [0.05, 0.1) is 12.0 Å². The summed E-state index contributed by atoms with van der Waals surface area (Å²) in [6.45, 7) is 1.29. The lowest BCUT2D eigenvalue weighted by Gasteiger charge is -2.24. The lowest BCUT2D eigenvalue weighted by Crippen LogP contribution is -2.30. The summed E-state index contributed by atoms with van der Waals surface area (Å²) in [6.07, 6.45) is 7.56. The summed E-state index contributed by atoms with van der Waals surface area (Å²) < 4.78 is 5.08. The molecule has 0 N–H and O–H groups in total. The number of ether oxygens (including phenoxy) is 1. The Morgan fingerprint density at radius 1 is 1.32 bits per heavy atom. The zero-order valence-corrected chi connectivity index (χ0v) is 12.5. The molecule has 0 bridgehead atoms. The Bertz CT molecular complexity index is 414. The van der Waals surface area contributed by atoms with Crippen molar-refractivity contribution in [1.82, 2.24) is 9.97 Å². The SMILES string of the molecule is COCC(Cl)CN(C)c1ncnc2c1CCCCC2. The number of aryl methyl sites for hydroxylation is 1. The number of anilines is 1. The fourth-order valence-corrected chi connectivity index (χ4v) is 2.96. The smallest absolute Gasteiger partial charge is 0.135 e. The summed E-state index contributed by atoms with van der Waals surface area (Å²) in [5, 5.41) is -0.0219. The summed E-state index contributed by atoms with van der Waals surface area (Å²) >= 11 is 6.23. The topological polar surface area (TPSA) is 38.2 Å². The number of methoxy groups -OCH3 is 1. The van der Waals surface area contributed by atoms with Gasteiger partial charge >= 0.3 is 0 Å². The molecule has 106 valence electrons. The number of aromatic nitrogens is 2. The molecule has 1 aromatic heterocycles. The van der Waals surface area contributed by atoms with E-state index in [-0.39, 0.29) is 5.38 Å². The van der Waals surface area contributed by atoms with Gasteiger partial charge in [-0.2, -0.15) is 0 Å². The molecular formula is C14H22ClN3O. The zero-order chi connectivity index (χ0) is 13.7. The summed E-state index contributed by atoms with van der Waals surface area (Å²) in [4.78, 5) is 11.0. The fourth-order valence-electron chi connectivity index (χ4n) is 2.63. The quantitative estimate of drug-likeness (QED) is 0.614. The molecule has 0 fully saturated rings. The average molecular weight is 284 g/mol. The second-order valence-electron chi connectivity index (χ2n) is 5.12. The van der Waals surface area contributed by atoms with E-state index in [4.69, 9.17) is 16.3 Å². The molecule has 1 aliphatic rings. The molecule has 4 nitrogen and oxygen atoms in total. The van der Waals surface area contributed by atoms with Crippen molar-refractivity contribution in [2.24, 2.45) is 0 Å². The van der Waals surface area contributed by atoms with Gasteiger partial charge in [0.2, 0.25) is 0 Å². The van der Waals surface area contributed by atoms with Crippen molar-refractivity contribution in [2.45, 2.75) is 37.5 Å². The highest BCUT2D eigenvalue weighted by atomic mass is 35.5. The van der Waals surface area contributed by atoms with Crippen LogP contribution in [0.2, 0.25) is 0 Å². The van der Waals surface area contributed by atoms with Crippen molar-refractivity contribution >= 4 is 17.4 Å². The summed E-state index contributed by atoms with van der Waals surface area (Å²) in [7, 11) is 3.71. The highest BCUT2D eigenvalue weighted by molar-refractivity contribution is 6.21. The molecule has 0 aliphatic heterocycles. The van der Waals surface area contributed by atoms with E-state index in [1.165, 1.54) is 30.5 Å². The number of alkyl halides is 1. The van der Waals surface area contributed by atoms with Crippen LogP contribution in [0.25, 0.3) is 0 Å². The van der Waals surface area contributed by atoms with E-state index in [2.05, 4.69) is 14.9 Å². The Kier molecular flexibility index (Phi) is 5.40. The number of hydrogen-bond acceptors (Lipinski definition) is 4. The third kappa shape index (κ3) is 3.80. The molecule has 2 rings (SSSR count). The van der Waals surface area contributed by atoms with Crippen molar-refractivity contribution in [3.05, 3.63) is 17.6 Å². The molecule has 1 heterocycles. The molecule has 0 amide bonds. The molecule has 1 unspecified atom stereocenters. The normalized spacial score (nSPS) is 16.6. The number of hydrogen-bond donors (Lipinski definition) is 0. The van der Waals surface area contributed by atoms with Gasteiger partial charge in [-0.25, -0.2) is 9.97 Å². The first-order valence-electron chi connectivity index (χ1n) is 6.89. The molecule has 0 spiro atoms. The molecule has 1 aliphatic carbocycles. The molecule has 19 heavy (non-hydrogen) atoms. The van der Waals surface area contributed by atoms with E-state index in [0.717, 1.165) is 25.2 Å². The minimum Gasteiger partial charge on any atom is -0.383 e. The minimum absolute atomic E-state index is 0.0219.